The van der Waals surface area contributed by atoms with E-state index in [9.17, 15) is 27.9 Å². The van der Waals surface area contributed by atoms with Crippen LogP contribution in [0.1, 0.15) is 28.5 Å². The summed E-state index contributed by atoms with van der Waals surface area (Å²) >= 11 is 17.7. The van der Waals surface area contributed by atoms with Crippen LogP contribution in [0.15, 0.2) is 41.2 Å². The molecule has 10 heteroatoms. The first-order valence-electron chi connectivity index (χ1n) is 9.21. The van der Waals surface area contributed by atoms with E-state index in [1.54, 1.807) is 11.5 Å². The Morgan fingerprint density at radius 1 is 1.00 bits per heavy atom. The maximum atomic E-state index is 13.4. The molecule has 168 valence electrons. The molecule has 0 bridgehead atoms. The van der Waals surface area contributed by atoms with Crippen molar-refractivity contribution in [2.75, 3.05) is 0 Å². The van der Waals surface area contributed by atoms with Crippen molar-refractivity contribution in [2.24, 2.45) is 0 Å². The Kier molecular flexibility index (Phi) is 6.65. The zero-order valence-electron chi connectivity index (χ0n) is 16.6. The zero-order valence-corrected chi connectivity index (χ0v) is 18.9. The van der Waals surface area contributed by atoms with Crippen molar-refractivity contribution in [1.29, 1.82) is 0 Å². The number of aromatic carboxylic acids is 1. The maximum absolute atomic E-state index is 13.4. The van der Waals surface area contributed by atoms with Gasteiger partial charge in [0.05, 0.1) is 26.3 Å². The van der Waals surface area contributed by atoms with Crippen LogP contribution in [0.2, 0.25) is 15.1 Å². The Hall–Kier alpha value is -2.48. The first kappa shape index (κ1) is 24.2. The standard InChI is InChI=1S/C22H15Cl3F3NO3/c1-3-29-10(2)17(11-4-6-14(23)13(8-11)22(26,27)28)20(30)18(21(31)32)19(29)12-5-7-15(24)16(25)9-12/h4-9H,3H2,1-2H3,(H,31,32). The molecule has 0 saturated carbocycles. The quantitative estimate of drug-likeness (QED) is 0.409. The highest BCUT2D eigenvalue weighted by Gasteiger charge is 2.34. The lowest BCUT2D eigenvalue weighted by atomic mass is 9.95. The van der Waals surface area contributed by atoms with E-state index in [0.29, 0.717) is 11.3 Å². The first-order chi connectivity index (χ1) is 14.9. The summed E-state index contributed by atoms with van der Waals surface area (Å²) in [6.45, 7) is 3.49. The number of rotatable bonds is 4. The fourth-order valence-corrected chi connectivity index (χ4v) is 4.13. The molecule has 0 saturated heterocycles. The van der Waals surface area contributed by atoms with Gasteiger partial charge in [0.15, 0.2) is 0 Å². The molecule has 0 aliphatic heterocycles. The maximum Gasteiger partial charge on any atom is 0.417 e. The van der Waals surface area contributed by atoms with Gasteiger partial charge in [-0.25, -0.2) is 4.79 Å². The van der Waals surface area contributed by atoms with Crippen molar-refractivity contribution >= 4 is 40.8 Å². The Morgan fingerprint density at radius 2 is 1.59 bits per heavy atom. The SMILES string of the molecule is CCn1c(C)c(-c2ccc(Cl)c(C(F)(F)F)c2)c(=O)c(C(=O)O)c1-c1ccc(Cl)c(Cl)c1. The van der Waals surface area contributed by atoms with Gasteiger partial charge in [0.1, 0.15) is 5.56 Å². The van der Waals surface area contributed by atoms with Crippen LogP contribution in [0, 0.1) is 6.92 Å². The number of carboxylic acids is 1. The molecule has 1 aromatic heterocycles. The minimum Gasteiger partial charge on any atom is -0.477 e. The van der Waals surface area contributed by atoms with Gasteiger partial charge >= 0.3 is 12.1 Å². The monoisotopic (exact) mass is 503 g/mol. The van der Waals surface area contributed by atoms with Crippen LogP contribution >= 0.6 is 34.8 Å². The van der Waals surface area contributed by atoms with E-state index >= 15 is 0 Å². The van der Waals surface area contributed by atoms with E-state index < -0.39 is 33.7 Å². The summed E-state index contributed by atoms with van der Waals surface area (Å²) in [5.74, 6) is -1.52. The average molecular weight is 505 g/mol. The third-order valence-corrected chi connectivity index (χ3v) is 6.08. The number of benzene rings is 2. The number of alkyl halides is 3. The van der Waals surface area contributed by atoms with Crippen LogP contribution in [0.5, 0.6) is 0 Å². The molecule has 3 rings (SSSR count). The third kappa shape index (κ3) is 4.25. The van der Waals surface area contributed by atoms with Crippen molar-refractivity contribution in [3.8, 4) is 22.4 Å². The van der Waals surface area contributed by atoms with E-state index in [2.05, 4.69) is 0 Å². The van der Waals surface area contributed by atoms with Crippen molar-refractivity contribution in [3.63, 3.8) is 0 Å². The minimum atomic E-state index is -4.75. The highest BCUT2D eigenvalue weighted by Crippen LogP contribution is 2.38. The van der Waals surface area contributed by atoms with Gasteiger partial charge in [0.25, 0.3) is 0 Å². The topological polar surface area (TPSA) is 59.3 Å². The number of aromatic nitrogens is 1. The van der Waals surface area contributed by atoms with Crippen molar-refractivity contribution in [2.45, 2.75) is 26.6 Å². The largest absolute Gasteiger partial charge is 0.477 e. The Bertz CT molecular complexity index is 1300. The molecule has 0 fully saturated rings. The van der Waals surface area contributed by atoms with Crippen molar-refractivity contribution in [1.82, 2.24) is 4.57 Å². The summed E-state index contributed by atoms with van der Waals surface area (Å²) in [4.78, 5) is 25.5. The smallest absolute Gasteiger partial charge is 0.417 e. The normalized spacial score (nSPS) is 11.6. The number of pyridine rings is 1. The molecule has 32 heavy (non-hydrogen) atoms. The van der Waals surface area contributed by atoms with Crippen LogP contribution < -0.4 is 5.43 Å². The highest BCUT2D eigenvalue weighted by molar-refractivity contribution is 6.42. The van der Waals surface area contributed by atoms with Gasteiger partial charge in [-0.3, -0.25) is 4.79 Å². The van der Waals surface area contributed by atoms with E-state index in [1.165, 1.54) is 31.2 Å². The summed E-state index contributed by atoms with van der Waals surface area (Å²) in [7, 11) is 0. The van der Waals surface area contributed by atoms with Crippen molar-refractivity contribution in [3.05, 3.63) is 78.5 Å². The lowest BCUT2D eigenvalue weighted by Crippen LogP contribution is -2.25. The molecule has 2 aromatic carbocycles. The molecule has 0 amide bonds. The van der Waals surface area contributed by atoms with E-state index in [4.69, 9.17) is 34.8 Å². The number of hydrogen-bond donors (Lipinski definition) is 1. The van der Waals surface area contributed by atoms with Crippen molar-refractivity contribution < 1.29 is 23.1 Å². The van der Waals surface area contributed by atoms with Crippen LogP contribution in [-0.4, -0.2) is 15.6 Å². The molecule has 0 unspecified atom stereocenters. The minimum absolute atomic E-state index is 0.0785. The fourth-order valence-electron chi connectivity index (χ4n) is 3.61. The molecule has 1 heterocycles. The predicted molar refractivity (Wildman–Crippen MR) is 119 cm³/mol. The molecule has 4 nitrogen and oxygen atoms in total. The third-order valence-electron chi connectivity index (χ3n) is 5.01. The lowest BCUT2D eigenvalue weighted by molar-refractivity contribution is -0.137. The average Bonchev–Trinajstić information content (AvgIpc) is 2.69. The Morgan fingerprint density at radius 3 is 2.12 bits per heavy atom. The van der Waals surface area contributed by atoms with Crippen LogP contribution in [0.3, 0.4) is 0 Å². The summed E-state index contributed by atoms with van der Waals surface area (Å²) in [6, 6.07) is 7.45. The van der Waals surface area contributed by atoms with Crippen LogP contribution in [0.25, 0.3) is 22.4 Å². The summed E-state index contributed by atoms with van der Waals surface area (Å²) in [5.41, 5.74) is -2.18. The molecule has 0 aliphatic rings. The second-order valence-electron chi connectivity index (χ2n) is 6.88. The van der Waals surface area contributed by atoms with E-state index in [-0.39, 0.29) is 33.4 Å². The predicted octanol–water partition coefficient (Wildman–Crippen LogP) is 7.19. The molecule has 0 atom stereocenters. The summed E-state index contributed by atoms with van der Waals surface area (Å²) in [6.07, 6.45) is -4.75. The van der Waals surface area contributed by atoms with E-state index in [0.717, 1.165) is 12.1 Å². The van der Waals surface area contributed by atoms with Gasteiger partial charge in [0, 0.05) is 23.4 Å². The number of carbonyl (C=O) groups is 1. The second kappa shape index (κ2) is 8.81. The van der Waals surface area contributed by atoms with Crippen LogP contribution in [0.4, 0.5) is 13.2 Å². The highest BCUT2D eigenvalue weighted by atomic mass is 35.5. The first-order valence-corrected chi connectivity index (χ1v) is 10.3. The number of hydrogen-bond acceptors (Lipinski definition) is 2. The Labute approximate surface area is 195 Å². The Balaban J connectivity index is 2.44. The van der Waals surface area contributed by atoms with Gasteiger partial charge in [-0.1, -0.05) is 46.9 Å². The van der Waals surface area contributed by atoms with Gasteiger partial charge in [-0.2, -0.15) is 13.2 Å². The number of nitrogens with zero attached hydrogens (tertiary/aromatic N) is 1. The van der Waals surface area contributed by atoms with Gasteiger partial charge in [-0.15, -0.1) is 0 Å². The summed E-state index contributed by atoms with van der Waals surface area (Å²) < 4.78 is 41.7. The van der Waals surface area contributed by atoms with Gasteiger partial charge in [-0.05, 0) is 43.7 Å². The molecular formula is C22H15Cl3F3NO3. The number of halogens is 6. The molecular weight excluding hydrogens is 490 g/mol. The second-order valence-corrected chi connectivity index (χ2v) is 8.11. The van der Waals surface area contributed by atoms with E-state index in [1.807, 2.05) is 0 Å². The molecule has 1 N–H and O–H groups in total. The molecule has 0 radical (unpaired) electrons. The van der Waals surface area contributed by atoms with Gasteiger partial charge < -0.3 is 9.67 Å². The lowest BCUT2D eigenvalue weighted by Gasteiger charge is -2.22. The fraction of sp³-hybridized carbons (Fsp3) is 0.182. The van der Waals surface area contributed by atoms with Crippen LogP contribution in [-0.2, 0) is 12.7 Å². The zero-order chi connectivity index (χ0) is 24.0. The van der Waals surface area contributed by atoms with Gasteiger partial charge in [0.2, 0.25) is 5.43 Å². The number of carboxylic acid groups (broad SMARTS) is 1. The molecule has 0 spiro atoms. The molecule has 3 aromatic rings. The summed E-state index contributed by atoms with van der Waals surface area (Å²) in [5, 5.41) is 9.74. The molecule has 0 aliphatic carbocycles.